The molecule has 2 atom stereocenters. The molecule has 0 heterocycles. The van der Waals surface area contributed by atoms with Gasteiger partial charge in [-0.1, -0.05) is 56.5 Å². The fourth-order valence-corrected chi connectivity index (χ4v) is 5.27. The second-order valence-corrected chi connectivity index (χ2v) is 12.7. The zero-order valence-corrected chi connectivity index (χ0v) is 25.8. The van der Waals surface area contributed by atoms with Crippen LogP contribution in [0.25, 0.3) is 0 Å². The van der Waals surface area contributed by atoms with Crippen molar-refractivity contribution in [1.82, 2.24) is 15.5 Å². The van der Waals surface area contributed by atoms with Gasteiger partial charge in [0.05, 0.1) is 0 Å². The lowest BCUT2D eigenvalue weighted by atomic mass is 9.90. The van der Waals surface area contributed by atoms with Crippen LogP contribution in [-0.2, 0) is 20.7 Å². The predicted octanol–water partition coefficient (Wildman–Crippen LogP) is 5.74. The van der Waals surface area contributed by atoms with Crippen LogP contribution < -0.4 is 10.6 Å². The van der Waals surface area contributed by atoms with E-state index in [0.29, 0.717) is 17.5 Å². The maximum Gasteiger partial charge on any atom is 0.408 e. The van der Waals surface area contributed by atoms with Gasteiger partial charge in [0.15, 0.2) is 0 Å². The number of para-hydroxylation sites is 1. The quantitative estimate of drug-likeness (QED) is 0.283. The highest BCUT2D eigenvalue weighted by Gasteiger charge is 2.44. The molecule has 0 aromatic heterocycles. The molecule has 42 heavy (non-hydrogen) atoms. The Morgan fingerprint density at radius 3 is 2.14 bits per heavy atom. The minimum absolute atomic E-state index is 0.0195. The van der Waals surface area contributed by atoms with Gasteiger partial charge in [0.1, 0.15) is 29.2 Å². The molecular weight excluding hydrogens is 534 g/mol. The van der Waals surface area contributed by atoms with Gasteiger partial charge in [0.25, 0.3) is 0 Å². The van der Waals surface area contributed by atoms with Gasteiger partial charge in [-0.25, -0.2) is 4.79 Å². The predicted molar refractivity (Wildman–Crippen MR) is 162 cm³/mol. The Hall–Kier alpha value is -3.75. The number of benzene rings is 2. The fraction of sp³-hybridized carbons (Fsp3) is 0.545. The summed E-state index contributed by atoms with van der Waals surface area (Å²) < 4.78 is 5.50. The molecule has 230 valence electrons. The van der Waals surface area contributed by atoms with Crippen LogP contribution in [0.15, 0.2) is 48.5 Å². The lowest BCUT2D eigenvalue weighted by Crippen LogP contribution is -2.60. The largest absolute Gasteiger partial charge is 0.508 e. The first-order valence-corrected chi connectivity index (χ1v) is 14.9. The third-order valence-corrected chi connectivity index (χ3v) is 7.81. The molecule has 0 bridgehead atoms. The summed E-state index contributed by atoms with van der Waals surface area (Å²) in [4.78, 5) is 43.3. The molecule has 4 N–H and O–H groups in total. The van der Waals surface area contributed by atoms with E-state index >= 15 is 0 Å². The van der Waals surface area contributed by atoms with Crippen molar-refractivity contribution in [3.8, 4) is 11.5 Å². The van der Waals surface area contributed by atoms with E-state index in [-0.39, 0.29) is 29.9 Å². The van der Waals surface area contributed by atoms with Crippen LogP contribution >= 0.6 is 0 Å². The van der Waals surface area contributed by atoms with Crippen LogP contribution in [0.1, 0.15) is 97.2 Å². The molecule has 1 saturated carbocycles. The number of rotatable bonds is 10. The summed E-state index contributed by atoms with van der Waals surface area (Å²) in [6, 6.07) is 10.7. The molecule has 1 fully saturated rings. The van der Waals surface area contributed by atoms with Gasteiger partial charge in [-0.05, 0) is 77.6 Å². The summed E-state index contributed by atoms with van der Waals surface area (Å²) >= 11 is 0. The van der Waals surface area contributed by atoms with Gasteiger partial charge in [0, 0.05) is 23.6 Å². The van der Waals surface area contributed by atoms with Crippen molar-refractivity contribution in [3.63, 3.8) is 0 Å². The number of phenols is 2. The molecule has 1 aliphatic carbocycles. The Morgan fingerprint density at radius 1 is 0.952 bits per heavy atom. The van der Waals surface area contributed by atoms with E-state index in [1.807, 2.05) is 20.8 Å². The number of carbonyl (C=O) groups excluding carboxylic acids is 3. The van der Waals surface area contributed by atoms with Crippen molar-refractivity contribution in [3.05, 3.63) is 59.7 Å². The van der Waals surface area contributed by atoms with Gasteiger partial charge in [-0.15, -0.1) is 0 Å². The highest BCUT2D eigenvalue weighted by molar-refractivity contribution is 5.93. The molecule has 0 spiro atoms. The Bertz CT molecular complexity index is 1220. The van der Waals surface area contributed by atoms with Crippen molar-refractivity contribution >= 4 is 17.9 Å². The monoisotopic (exact) mass is 581 g/mol. The molecule has 3 amide bonds. The van der Waals surface area contributed by atoms with Crippen molar-refractivity contribution < 1.29 is 29.3 Å². The summed E-state index contributed by atoms with van der Waals surface area (Å²) in [7, 11) is 0. The first kappa shape index (κ1) is 32.8. The van der Waals surface area contributed by atoms with E-state index in [2.05, 4.69) is 10.6 Å². The number of alkyl carbamates (subject to hydrolysis) is 1. The van der Waals surface area contributed by atoms with E-state index in [4.69, 9.17) is 4.74 Å². The molecule has 9 nitrogen and oxygen atoms in total. The van der Waals surface area contributed by atoms with Crippen LogP contribution in [0.4, 0.5) is 4.79 Å². The number of amides is 3. The maximum absolute atomic E-state index is 14.7. The lowest BCUT2D eigenvalue weighted by molar-refractivity contribution is -0.149. The average molecular weight is 582 g/mol. The molecule has 1 aliphatic rings. The Kier molecular flexibility index (Phi) is 10.9. The van der Waals surface area contributed by atoms with Crippen LogP contribution in [0, 0.1) is 0 Å². The Balaban J connectivity index is 2.10. The number of hydrogen-bond acceptors (Lipinski definition) is 6. The second-order valence-electron chi connectivity index (χ2n) is 12.7. The highest BCUT2D eigenvalue weighted by Crippen LogP contribution is 2.36. The number of ether oxygens (including phenoxy) is 1. The number of nitrogens with one attached hydrogen (secondary N) is 2. The van der Waals surface area contributed by atoms with E-state index in [1.54, 1.807) is 51.1 Å². The van der Waals surface area contributed by atoms with Gasteiger partial charge < -0.3 is 30.5 Å². The number of phenolic OH excluding ortho intramolecular Hbond substituents is 2. The molecule has 2 unspecified atom stereocenters. The molecule has 0 saturated heterocycles. The number of hydrogen-bond donors (Lipinski definition) is 4. The number of aromatic hydroxyl groups is 2. The van der Waals surface area contributed by atoms with Gasteiger partial charge in [-0.2, -0.15) is 0 Å². The van der Waals surface area contributed by atoms with E-state index in [0.717, 1.165) is 32.1 Å². The van der Waals surface area contributed by atoms with Crippen LogP contribution in [0.3, 0.4) is 0 Å². The van der Waals surface area contributed by atoms with E-state index < -0.39 is 35.2 Å². The van der Waals surface area contributed by atoms with Crippen molar-refractivity contribution in [2.45, 2.75) is 116 Å². The van der Waals surface area contributed by atoms with E-state index in [9.17, 15) is 24.6 Å². The summed E-state index contributed by atoms with van der Waals surface area (Å²) in [6.07, 6.45) is 4.69. The number of carbonyl (C=O) groups is 3. The standard InChI is InChI=1S/C33H47N3O6/c1-7-33(5,6)36(28(25-15-11-12-16-27(25)38)29(39)34-23-13-9-8-10-14-23)30(40)26(35-31(41)42-32(2,3)4)21-22-17-19-24(37)20-18-22/h11-12,15-20,23,26,28,37-38H,7-10,13-14,21H2,1-6H3,(H,34,39)(H,35,41). The van der Waals surface area contributed by atoms with Crippen molar-refractivity contribution in [1.29, 1.82) is 0 Å². The topological polar surface area (TPSA) is 128 Å². The smallest absolute Gasteiger partial charge is 0.408 e. The summed E-state index contributed by atoms with van der Waals surface area (Å²) in [5.41, 5.74) is -0.642. The molecule has 2 aromatic rings. The summed E-state index contributed by atoms with van der Waals surface area (Å²) in [6.45, 7) is 10.9. The molecule has 3 rings (SSSR count). The molecule has 2 aromatic carbocycles. The third-order valence-electron chi connectivity index (χ3n) is 7.81. The first-order valence-electron chi connectivity index (χ1n) is 14.9. The molecule has 9 heteroatoms. The van der Waals surface area contributed by atoms with Gasteiger partial charge >= 0.3 is 6.09 Å². The molecule has 0 radical (unpaired) electrons. The van der Waals surface area contributed by atoms with Gasteiger partial charge in [0.2, 0.25) is 11.8 Å². The first-order chi connectivity index (χ1) is 19.7. The Morgan fingerprint density at radius 2 is 1.57 bits per heavy atom. The van der Waals surface area contributed by atoms with Gasteiger partial charge in [-0.3, -0.25) is 9.59 Å². The average Bonchev–Trinajstić information content (AvgIpc) is 2.92. The SMILES string of the molecule is CCC(C)(C)N(C(=O)C(Cc1ccc(O)cc1)NC(=O)OC(C)(C)C)C(C(=O)NC1CCCCC1)c1ccccc1O. The normalized spacial score (nSPS) is 15.8. The molecule has 0 aliphatic heterocycles. The Labute approximate surface area is 249 Å². The van der Waals surface area contributed by atoms with E-state index in [1.165, 1.54) is 23.1 Å². The summed E-state index contributed by atoms with van der Waals surface area (Å²) in [5, 5.41) is 26.6. The minimum atomic E-state index is -1.15. The van der Waals surface area contributed by atoms with Crippen LogP contribution in [0.5, 0.6) is 11.5 Å². The fourth-order valence-electron chi connectivity index (χ4n) is 5.27. The van der Waals surface area contributed by atoms with Crippen LogP contribution in [0.2, 0.25) is 0 Å². The minimum Gasteiger partial charge on any atom is -0.508 e. The van der Waals surface area contributed by atoms with Crippen LogP contribution in [-0.4, -0.2) is 56.2 Å². The zero-order valence-electron chi connectivity index (χ0n) is 25.8. The maximum atomic E-state index is 14.7. The lowest BCUT2D eigenvalue weighted by Gasteiger charge is -2.45. The molecular formula is C33H47N3O6. The second kappa shape index (κ2) is 13.9. The zero-order chi connectivity index (χ0) is 31.1. The third kappa shape index (κ3) is 8.87. The van der Waals surface area contributed by atoms with Crippen molar-refractivity contribution in [2.24, 2.45) is 0 Å². The van der Waals surface area contributed by atoms with Crippen molar-refractivity contribution in [2.75, 3.05) is 0 Å². The number of nitrogens with zero attached hydrogens (tertiary/aromatic N) is 1. The summed E-state index contributed by atoms with van der Waals surface area (Å²) in [5.74, 6) is -0.887. The highest BCUT2D eigenvalue weighted by atomic mass is 16.6.